The molecular formula is C14H20BrNO2. The predicted octanol–water partition coefficient (Wildman–Crippen LogP) is 3.36. The Morgan fingerprint density at radius 2 is 1.83 bits per heavy atom. The second-order valence-corrected chi connectivity index (χ2v) is 6.07. The van der Waals surface area contributed by atoms with E-state index in [1.54, 1.807) is 14.2 Å². The van der Waals surface area contributed by atoms with E-state index in [4.69, 9.17) is 9.47 Å². The molecule has 0 atom stereocenters. The summed E-state index contributed by atoms with van der Waals surface area (Å²) < 4.78 is 11.6. The minimum atomic E-state index is 0.531. The van der Waals surface area contributed by atoms with Crippen LogP contribution >= 0.6 is 15.9 Å². The lowest BCUT2D eigenvalue weighted by molar-refractivity contribution is 0.354. The molecule has 0 unspecified atom stereocenters. The molecule has 0 spiro atoms. The average molecular weight is 314 g/mol. The first-order chi connectivity index (χ1) is 8.58. The van der Waals surface area contributed by atoms with Crippen LogP contribution in [0.15, 0.2) is 16.6 Å². The van der Waals surface area contributed by atoms with Crippen LogP contribution in [-0.2, 0) is 6.54 Å². The van der Waals surface area contributed by atoms with Crippen molar-refractivity contribution in [3.05, 3.63) is 22.2 Å². The van der Waals surface area contributed by atoms with E-state index in [0.29, 0.717) is 5.41 Å². The van der Waals surface area contributed by atoms with E-state index in [1.165, 1.54) is 18.4 Å². The van der Waals surface area contributed by atoms with Gasteiger partial charge in [0.25, 0.3) is 0 Å². The zero-order valence-electron chi connectivity index (χ0n) is 11.2. The van der Waals surface area contributed by atoms with E-state index in [1.807, 2.05) is 12.1 Å². The fourth-order valence-electron chi connectivity index (χ4n) is 1.92. The second-order valence-electron chi connectivity index (χ2n) is 5.21. The molecule has 4 heteroatoms. The number of nitrogens with one attached hydrogen (secondary N) is 1. The first kappa shape index (κ1) is 13.7. The molecule has 0 amide bonds. The van der Waals surface area contributed by atoms with E-state index in [-0.39, 0.29) is 0 Å². The smallest absolute Gasteiger partial charge is 0.161 e. The largest absolute Gasteiger partial charge is 0.493 e. The van der Waals surface area contributed by atoms with Crippen molar-refractivity contribution in [1.29, 1.82) is 0 Å². The highest BCUT2D eigenvalue weighted by Gasteiger charge is 2.36. The zero-order chi connectivity index (χ0) is 13.2. The molecule has 1 aliphatic rings. The maximum Gasteiger partial charge on any atom is 0.161 e. The molecule has 1 aliphatic carbocycles. The molecule has 18 heavy (non-hydrogen) atoms. The van der Waals surface area contributed by atoms with Crippen LogP contribution in [0.1, 0.15) is 25.3 Å². The van der Waals surface area contributed by atoms with Gasteiger partial charge in [-0.25, -0.2) is 0 Å². The van der Waals surface area contributed by atoms with E-state index in [2.05, 4.69) is 28.2 Å². The number of rotatable bonds is 6. The fourth-order valence-corrected chi connectivity index (χ4v) is 2.38. The topological polar surface area (TPSA) is 30.5 Å². The van der Waals surface area contributed by atoms with Gasteiger partial charge in [-0.2, -0.15) is 0 Å². The quantitative estimate of drug-likeness (QED) is 0.873. The van der Waals surface area contributed by atoms with E-state index in [0.717, 1.165) is 29.1 Å². The van der Waals surface area contributed by atoms with Gasteiger partial charge in [0.05, 0.1) is 14.2 Å². The lowest BCUT2D eigenvalue weighted by Crippen LogP contribution is -2.21. The maximum atomic E-state index is 5.32. The van der Waals surface area contributed by atoms with Crippen LogP contribution < -0.4 is 14.8 Å². The van der Waals surface area contributed by atoms with Crippen LogP contribution in [0.25, 0.3) is 0 Å². The summed E-state index contributed by atoms with van der Waals surface area (Å²) >= 11 is 3.57. The van der Waals surface area contributed by atoms with Crippen LogP contribution in [-0.4, -0.2) is 20.8 Å². The molecule has 1 aromatic rings. The number of benzene rings is 1. The Kier molecular flexibility index (Phi) is 4.17. The van der Waals surface area contributed by atoms with Crippen LogP contribution in [0.5, 0.6) is 11.5 Å². The van der Waals surface area contributed by atoms with Gasteiger partial charge in [-0.3, -0.25) is 0 Å². The number of methoxy groups -OCH3 is 2. The van der Waals surface area contributed by atoms with Gasteiger partial charge in [0, 0.05) is 17.6 Å². The molecule has 0 bridgehead atoms. The van der Waals surface area contributed by atoms with E-state index >= 15 is 0 Å². The molecule has 0 heterocycles. The third-order valence-electron chi connectivity index (χ3n) is 3.52. The van der Waals surface area contributed by atoms with Crippen LogP contribution in [0.2, 0.25) is 0 Å². The van der Waals surface area contributed by atoms with Gasteiger partial charge >= 0.3 is 0 Å². The fraction of sp³-hybridized carbons (Fsp3) is 0.571. The van der Waals surface area contributed by atoms with Crippen molar-refractivity contribution in [2.45, 2.75) is 26.3 Å². The molecule has 0 radical (unpaired) electrons. The van der Waals surface area contributed by atoms with Gasteiger partial charge in [0.1, 0.15) is 0 Å². The third kappa shape index (κ3) is 3.18. The first-order valence-corrected chi connectivity index (χ1v) is 6.98. The molecule has 1 saturated carbocycles. The van der Waals surface area contributed by atoms with Crippen molar-refractivity contribution in [3.63, 3.8) is 0 Å². The Bertz CT molecular complexity index is 430. The molecule has 1 N–H and O–H groups in total. The standard InChI is InChI=1S/C14H20BrNO2/c1-14(4-5-14)9-16-8-10-6-12(17-2)13(18-3)7-11(10)15/h6-7,16H,4-5,8-9H2,1-3H3. The summed E-state index contributed by atoms with van der Waals surface area (Å²) in [5.41, 5.74) is 1.72. The van der Waals surface area contributed by atoms with Gasteiger partial charge in [-0.15, -0.1) is 0 Å². The van der Waals surface area contributed by atoms with Gasteiger partial charge in [0.2, 0.25) is 0 Å². The van der Waals surface area contributed by atoms with E-state index in [9.17, 15) is 0 Å². The Balaban J connectivity index is 2.02. The van der Waals surface area contributed by atoms with Crippen molar-refractivity contribution >= 4 is 15.9 Å². The molecule has 1 fully saturated rings. The van der Waals surface area contributed by atoms with Crippen LogP contribution in [0.3, 0.4) is 0 Å². The summed E-state index contributed by atoms with van der Waals surface area (Å²) in [4.78, 5) is 0. The Hall–Kier alpha value is -0.740. The van der Waals surface area contributed by atoms with Crippen LogP contribution in [0, 0.1) is 5.41 Å². The first-order valence-electron chi connectivity index (χ1n) is 6.19. The summed E-state index contributed by atoms with van der Waals surface area (Å²) in [5, 5.41) is 3.51. The van der Waals surface area contributed by atoms with Gasteiger partial charge in [-0.1, -0.05) is 22.9 Å². The van der Waals surface area contributed by atoms with Crippen molar-refractivity contribution in [3.8, 4) is 11.5 Å². The molecule has 1 aromatic carbocycles. The average Bonchev–Trinajstić information content (AvgIpc) is 3.09. The minimum absolute atomic E-state index is 0.531. The Morgan fingerprint density at radius 1 is 1.22 bits per heavy atom. The number of halogens is 1. The van der Waals surface area contributed by atoms with Crippen molar-refractivity contribution in [2.75, 3.05) is 20.8 Å². The highest BCUT2D eigenvalue weighted by molar-refractivity contribution is 9.10. The second kappa shape index (κ2) is 5.49. The summed E-state index contributed by atoms with van der Waals surface area (Å²) in [6.45, 7) is 4.24. The monoisotopic (exact) mass is 313 g/mol. The lowest BCUT2D eigenvalue weighted by atomic mass is 10.1. The summed E-state index contributed by atoms with van der Waals surface area (Å²) in [7, 11) is 3.31. The van der Waals surface area contributed by atoms with Gasteiger partial charge in [-0.05, 0) is 36.0 Å². The summed E-state index contributed by atoms with van der Waals surface area (Å²) in [6.07, 6.45) is 2.68. The molecule has 3 nitrogen and oxygen atoms in total. The molecule has 0 aromatic heterocycles. The molecular weight excluding hydrogens is 294 g/mol. The molecule has 2 rings (SSSR count). The normalized spacial score (nSPS) is 16.4. The van der Waals surface area contributed by atoms with Gasteiger partial charge < -0.3 is 14.8 Å². The number of ether oxygens (including phenoxy) is 2. The molecule has 0 saturated heterocycles. The molecule has 0 aliphatic heterocycles. The van der Waals surface area contributed by atoms with E-state index < -0.39 is 0 Å². The SMILES string of the molecule is COc1cc(Br)c(CNCC2(C)CC2)cc1OC. The number of hydrogen-bond donors (Lipinski definition) is 1. The Labute approximate surface area is 117 Å². The minimum Gasteiger partial charge on any atom is -0.493 e. The number of hydrogen-bond acceptors (Lipinski definition) is 3. The summed E-state index contributed by atoms with van der Waals surface area (Å²) in [6, 6.07) is 3.97. The highest BCUT2D eigenvalue weighted by Crippen LogP contribution is 2.44. The van der Waals surface area contributed by atoms with Crippen molar-refractivity contribution < 1.29 is 9.47 Å². The Morgan fingerprint density at radius 3 is 2.39 bits per heavy atom. The molecule has 100 valence electrons. The maximum absolute atomic E-state index is 5.32. The third-order valence-corrected chi connectivity index (χ3v) is 4.26. The predicted molar refractivity (Wildman–Crippen MR) is 76.3 cm³/mol. The zero-order valence-corrected chi connectivity index (χ0v) is 12.8. The van der Waals surface area contributed by atoms with Crippen molar-refractivity contribution in [1.82, 2.24) is 5.32 Å². The highest BCUT2D eigenvalue weighted by atomic mass is 79.9. The van der Waals surface area contributed by atoms with Gasteiger partial charge in [0.15, 0.2) is 11.5 Å². The van der Waals surface area contributed by atoms with Crippen molar-refractivity contribution in [2.24, 2.45) is 5.41 Å². The summed E-state index contributed by atoms with van der Waals surface area (Å²) in [5.74, 6) is 1.53. The van der Waals surface area contributed by atoms with Crippen LogP contribution in [0.4, 0.5) is 0 Å². The lowest BCUT2D eigenvalue weighted by Gasteiger charge is -2.14.